The molecule has 33 heavy (non-hydrogen) atoms. The molecule has 7 heteroatoms. The molecule has 1 aliphatic heterocycles. The van der Waals surface area contributed by atoms with Crippen molar-refractivity contribution >= 4 is 34.2 Å². The van der Waals surface area contributed by atoms with E-state index in [1.165, 1.54) is 23.8 Å². The van der Waals surface area contributed by atoms with E-state index in [0.29, 0.717) is 5.56 Å². The standard InChI is InChI=1S/C26H21FN4O2/c1-16-6-7-18-15-19-12-13-31(24(19)28-23(18)14-16)20-10-8-17(9-11-20)25(32)29-30-26(33)21-4-2-3-5-22(21)27/h2-11,14-15H,12-13H2,1H3,(H,29,32)(H,30,33). The number of halogens is 1. The number of amides is 2. The van der Waals surface area contributed by atoms with E-state index in [0.717, 1.165) is 40.9 Å². The third-order valence-electron chi connectivity index (χ3n) is 5.74. The average molecular weight is 440 g/mol. The summed E-state index contributed by atoms with van der Waals surface area (Å²) in [4.78, 5) is 31.5. The van der Waals surface area contributed by atoms with E-state index >= 15 is 0 Å². The highest BCUT2D eigenvalue weighted by Crippen LogP contribution is 2.35. The second-order valence-corrected chi connectivity index (χ2v) is 8.00. The summed E-state index contributed by atoms with van der Waals surface area (Å²) in [5.41, 5.74) is 9.05. The lowest BCUT2D eigenvalue weighted by Gasteiger charge is -2.19. The summed E-state index contributed by atoms with van der Waals surface area (Å²) in [7, 11) is 0. The van der Waals surface area contributed by atoms with Gasteiger partial charge >= 0.3 is 0 Å². The fraction of sp³-hybridized carbons (Fsp3) is 0.115. The molecule has 5 rings (SSSR count). The molecule has 0 unspecified atom stereocenters. The number of hydrogen-bond acceptors (Lipinski definition) is 4. The molecule has 3 aromatic carbocycles. The number of nitrogens with one attached hydrogen (secondary N) is 2. The van der Waals surface area contributed by atoms with Crippen LogP contribution in [0.25, 0.3) is 10.9 Å². The van der Waals surface area contributed by atoms with Crippen LogP contribution in [0.2, 0.25) is 0 Å². The first-order valence-electron chi connectivity index (χ1n) is 10.6. The predicted molar refractivity (Wildman–Crippen MR) is 125 cm³/mol. The maximum Gasteiger partial charge on any atom is 0.272 e. The van der Waals surface area contributed by atoms with Crippen molar-refractivity contribution in [1.29, 1.82) is 0 Å². The SMILES string of the molecule is Cc1ccc2cc3c(nc2c1)N(c1ccc(C(=O)NNC(=O)c2ccccc2F)cc1)CC3. The number of rotatable bonds is 3. The molecular weight excluding hydrogens is 419 g/mol. The van der Waals surface area contributed by atoms with Gasteiger partial charge in [0.25, 0.3) is 11.8 Å². The smallest absolute Gasteiger partial charge is 0.272 e. The molecule has 2 heterocycles. The van der Waals surface area contributed by atoms with E-state index in [-0.39, 0.29) is 5.56 Å². The van der Waals surface area contributed by atoms with E-state index in [9.17, 15) is 14.0 Å². The average Bonchev–Trinajstić information content (AvgIpc) is 3.24. The monoisotopic (exact) mass is 440 g/mol. The minimum atomic E-state index is -0.722. The quantitative estimate of drug-likeness (QED) is 0.462. The van der Waals surface area contributed by atoms with Gasteiger partial charge in [0.15, 0.2) is 0 Å². The van der Waals surface area contributed by atoms with Crippen LogP contribution in [0.5, 0.6) is 0 Å². The zero-order valence-corrected chi connectivity index (χ0v) is 17.9. The number of aryl methyl sites for hydroxylation is 1. The third kappa shape index (κ3) is 4.01. The molecule has 0 bridgehead atoms. The summed E-state index contributed by atoms with van der Waals surface area (Å²) in [6, 6.07) is 21.1. The van der Waals surface area contributed by atoms with Crippen molar-refractivity contribution < 1.29 is 14.0 Å². The number of hydrazine groups is 1. The summed E-state index contributed by atoms with van der Waals surface area (Å²) < 4.78 is 13.7. The molecule has 2 N–H and O–H groups in total. The molecule has 0 fully saturated rings. The zero-order valence-electron chi connectivity index (χ0n) is 17.9. The van der Waals surface area contributed by atoms with Crippen molar-refractivity contribution in [2.24, 2.45) is 0 Å². The summed E-state index contributed by atoms with van der Waals surface area (Å²) >= 11 is 0. The van der Waals surface area contributed by atoms with Crippen LogP contribution in [0.4, 0.5) is 15.9 Å². The van der Waals surface area contributed by atoms with Crippen molar-refractivity contribution in [2.45, 2.75) is 13.3 Å². The molecule has 0 spiro atoms. The fourth-order valence-electron chi connectivity index (χ4n) is 4.01. The molecule has 6 nitrogen and oxygen atoms in total. The van der Waals surface area contributed by atoms with Gasteiger partial charge in [-0.1, -0.05) is 24.3 Å². The molecule has 0 atom stereocenters. The van der Waals surface area contributed by atoms with Crippen LogP contribution < -0.4 is 15.8 Å². The molecular formula is C26H21FN4O2. The van der Waals surface area contributed by atoms with Crippen molar-refractivity contribution in [3.63, 3.8) is 0 Å². The summed E-state index contributed by atoms with van der Waals surface area (Å²) in [6.45, 7) is 2.86. The van der Waals surface area contributed by atoms with Crippen LogP contribution in [0.1, 0.15) is 31.8 Å². The number of carbonyl (C=O) groups excluding carboxylic acids is 2. The molecule has 164 valence electrons. The number of aromatic nitrogens is 1. The Morgan fingerprint density at radius 3 is 2.48 bits per heavy atom. The summed E-state index contributed by atoms with van der Waals surface area (Å²) in [6.07, 6.45) is 0.899. The first-order valence-corrected chi connectivity index (χ1v) is 10.6. The van der Waals surface area contributed by atoms with Gasteiger partial charge in [-0.2, -0.15) is 0 Å². The van der Waals surface area contributed by atoms with Crippen LogP contribution in [0.3, 0.4) is 0 Å². The second-order valence-electron chi connectivity index (χ2n) is 8.00. The Hall–Kier alpha value is -4.26. The largest absolute Gasteiger partial charge is 0.326 e. The van der Waals surface area contributed by atoms with Gasteiger partial charge in [-0.15, -0.1) is 0 Å². The molecule has 1 aromatic heterocycles. The Morgan fingerprint density at radius 1 is 0.939 bits per heavy atom. The van der Waals surface area contributed by atoms with Crippen LogP contribution >= 0.6 is 0 Å². The van der Waals surface area contributed by atoms with Crippen LogP contribution in [0.15, 0.2) is 72.8 Å². The minimum Gasteiger partial charge on any atom is -0.326 e. The molecule has 4 aromatic rings. The van der Waals surface area contributed by atoms with Crippen LogP contribution in [0, 0.1) is 12.7 Å². The fourth-order valence-corrected chi connectivity index (χ4v) is 4.01. The normalized spacial score (nSPS) is 12.5. The van der Waals surface area contributed by atoms with Gasteiger partial charge in [-0.3, -0.25) is 20.4 Å². The number of carbonyl (C=O) groups is 2. The minimum absolute atomic E-state index is 0.143. The Bertz CT molecular complexity index is 1390. The lowest BCUT2D eigenvalue weighted by molar-refractivity contribution is 0.0844. The van der Waals surface area contributed by atoms with E-state index in [1.54, 1.807) is 18.2 Å². The molecule has 0 aliphatic carbocycles. The number of anilines is 2. The molecule has 2 amide bonds. The second kappa shape index (κ2) is 8.35. The zero-order chi connectivity index (χ0) is 22.9. The van der Waals surface area contributed by atoms with E-state index in [4.69, 9.17) is 4.98 Å². The van der Waals surface area contributed by atoms with Crippen LogP contribution in [-0.2, 0) is 6.42 Å². The van der Waals surface area contributed by atoms with Crippen molar-refractivity contribution in [3.05, 3.63) is 101 Å². The number of pyridine rings is 1. The first kappa shape index (κ1) is 20.6. The van der Waals surface area contributed by atoms with E-state index < -0.39 is 17.6 Å². The topological polar surface area (TPSA) is 74.3 Å². The van der Waals surface area contributed by atoms with Crippen molar-refractivity contribution in [3.8, 4) is 0 Å². The Labute approximate surface area is 190 Å². The number of fused-ring (bicyclic) bond motifs is 2. The number of nitrogens with zero attached hydrogens (tertiary/aromatic N) is 2. The molecule has 0 radical (unpaired) electrons. The number of hydrogen-bond donors (Lipinski definition) is 2. The lowest BCUT2D eigenvalue weighted by Crippen LogP contribution is -2.41. The lowest BCUT2D eigenvalue weighted by atomic mass is 10.1. The van der Waals surface area contributed by atoms with Gasteiger partial charge in [0, 0.05) is 23.2 Å². The highest BCUT2D eigenvalue weighted by molar-refractivity contribution is 5.99. The summed E-state index contributed by atoms with van der Waals surface area (Å²) in [5, 5.41) is 1.13. The first-order chi connectivity index (χ1) is 16.0. The van der Waals surface area contributed by atoms with Gasteiger partial charge in [0.1, 0.15) is 11.6 Å². The predicted octanol–water partition coefficient (Wildman–Crippen LogP) is 4.45. The van der Waals surface area contributed by atoms with Gasteiger partial charge in [-0.05, 0) is 73.0 Å². The van der Waals surface area contributed by atoms with Gasteiger partial charge < -0.3 is 4.90 Å². The number of benzene rings is 3. The van der Waals surface area contributed by atoms with Gasteiger partial charge in [-0.25, -0.2) is 9.37 Å². The highest BCUT2D eigenvalue weighted by Gasteiger charge is 2.23. The molecule has 1 aliphatic rings. The maximum absolute atomic E-state index is 13.7. The Kier molecular flexibility index (Phi) is 5.22. The van der Waals surface area contributed by atoms with Crippen molar-refractivity contribution in [2.75, 3.05) is 11.4 Å². The van der Waals surface area contributed by atoms with Gasteiger partial charge in [0.05, 0.1) is 11.1 Å². The van der Waals surface area contributed by atoms with E-state index in [2.05, 4.69) is 46.9 Å². The molecule has 0 saturated carbocycles. The third-order valence-corrected chi connectivity index (χ3v) is 5.74. The van der Waals surface area contributed by atoms with E-state index in [1.807, 2.05) is 12.1 Å². The Balaban J connectivity index is 1.30. The summed E-state index contributed by atoms with van der Waals surface area (Å²) in [5.74, 6) is -0.938. The van der Waals surface area contributed by atoms with Gasteiger partial charge in [0.2, 0.25) is 0 Å². The maximum atomic E-state index is 13.7. The van der Waals surface area contributed by atoms with Crippen molar-refractivity contribution in [1.82, 2.24) is 15.8 Å². The van der Waals surface area contributed by atoms with Crippen LogP contribution in [-0.4, -0.2) is 23.3 Å². The highest BCUT2D eigenvalue weighted by atomic mass is 19.1. The molecule has 0 saturated heterocycles. The Morgan fingerprint density at radius 2 is 1.70 bits per heavy atom.